The van der Waals surface area contributed by atoms with E-state index in [-0.39, 0.29) is 10.6 Å². The summed E-state index contributed by atoms with van der Waals surface area (Å²) in [6, 6.07) is 6.62. The van der Waals surface area contributed by atoms with Gasteiger partial charge in [0.25, 0.3) is 0 Å². The summed E-state index contributed by atoms with van der Waals surface area (Å²) in [7, 11) is 0. The first kappa shape index (κ1) is 15.0. The number of hydrogen-bond acceptors (Lipinski definition) is 2. The van der Waals surface area contributed by atoms with Gasteiger partial charge in [0.15, 0.2) is 0 Å². The quantitative estimate of drug-likeness (QED) is 0.916. The van der Waals surface area contributed by atoms with Gasteiger partial charge < -0.3 is 5.11 Å². The van der Waals surface area contributed by atoms with Gasteiger partial charge in [-0.1, -0.05) is 30.7 Å². The van der Waals surface area contributed by atoms with Gasteiger partial charge in [-0.25, -0.2) is 4.39 Å². The Morgan fingerprint density at radius 3 is 2.80 bits per heavy atom. The summed E-state index contributed by atoms with van der Waals surface area (Å²) in [5.74, 6) is -0.556. The van der Waals surface area contributed by atoms with E-state index < -0.39 is 11.9 Å². The molecule has 0 aliphatic rings. The summed E-state index contributed by atoms with van der Waals surface area (Å²) >= 11 is 5.74. The van der Waals surface area contributed by atoms with Crippen molar-refractivity contribution in [3.05, 3.63) is 52.1 Å². The van der Waals surface area contributed by atoms with Gasteiger partial charge in [0.1, 0.15) is 5.82 Å². The van der Waals surface area contributed by atoms with Gasteiger partial charge in [-0.3, -0.25) is 4.68 Å². The summed E-state index contributed by atoms with van der Waals surface area (Å²) in [5.41, 5.74) is 2.09. The minimum atomic E-state index is -0.930. The van der Waals surface area contributed by atoms with Crippen LogP contribution in [0.15, 0.2) is 24.3 Å². The SMILES string of the molecule is CCc1cc(CC(O)c2cccc(Cl)c2F)n(CC)n1. The van der Waals surface area contributed by atoms with Crippen molar-refractivity contribution in [2.45, 2.75) is 39.3 Å². The molecule has 0 saturated heterocycles. The highest BCUT2D eigenvalue weighted by atomic mass is 35.5. The van der Waals surface area contributed by atoms with Crippen LogP contribution in [0.5, 0.6) is 0 Å². The van der Waals surface area contributed by atoms with Gasteiger partial charge in [0.2, 0.25) is 0 Å². The average molecular weight is 297 g/mol. The van der Waals surface area contributed by atoms with Crippen LogP contribution >= 0.6 is 11.6 Å². The molecule has 0 radical (unpaired) electrons. The summed E-state index contributed by atoms with van der Waals surface area (Å²) in [5, 5.41) is 14.7. The Balaban J connectivity index is 2.25. The van der Waals surface area contributed by atoms with Gasteiger partial charge in [-0.15, -0.1) is 0 Å². The van der Waals surface area contributed by atoms with Gasteiger partial charge >= 0.3 is 0 Å². The molecule has 0 amide bonds. The molecule has 5 heteroatoms. The maximum absolute atomic E-state index is 13.9. The summed E-state index contributed by atoms with van der Waals surface area (Å²) in [4.78, 5) is 0. The summed E-state index contributed by atoms with van der Waals surface area (Å²) < 4.78 is 15.7. The van der Waals surface area contributed by atoms with Gasteiger partial charge in [0.05, 0.1) is 16.8 Å². The van der Waals surface area contributed by atoms with Crippen LogP contribution in [0.3, 0.4) is 0 Å². The van der Waals surface area contributed by atoms with Crippen molar-refractivity contribution in [1.82, 2.24) is 9.78 Å². The van der Waals surface area contributed by atoms with Crippen molar-refractivity contribution in [1.29, 1.82) is 0 Å². The first-order chi connectivity index (χ1) is 9.56. The third-order valence-electron chi connectivity index (χ3n) is 3.32. The molecule has 1 aromatic heterocycles. The summed E-state index contributed by atoms with van der Waals surface area (Å²) in [6.07, 6.45) is 0.222. The van der Waals surface area contributed by atoms with Crippen molar-refractivity contribution in [3.8, 4) is 0 Å². The smallest absolute Gasteiger partial charge is 0.147 e. The molecular weight excluding hydrogens is 279 g/mol. The number of aliphatic hydroxyl groups is 1. The predicted molar refractivity (Wildman–Crippen MR) is 77.4 cm³/mol. The van der Waals surface area contributed by atoms with Gasteiger partial charge in [-0.2, -0.15) is 5.10 Å². The Morgan fingerprint density at radius 2 is 2.15 bits per heavy atom. The second-order valence-electron chi connectivity index (χ2n) is 4.66. The standard InChI is InChI=1S/C15H18ClFN2O/c1-3-10-8-11(19(4-2)18-10)9-14(20)12-6-5-7-13(16)15(12)17/h5-8,14,20H,3-4,9H2,1-2H3. The van der Waals surface area contributed by atoms with Crippen LogP contribution in [-0.2, 0) is 19.4 Å². The molecule has 1 aromatic carbocycles. The summed E-state index contributed by atoms with van der Waals surface area (Å²) in [6.45, 7) is 4.74. The van der Waals surface area contributed by atoms with Crippen molar-refractivity contribution in [3.63, 3.8) is 0 Å². The Morgan fingerprint density at radius 1 is 1.40 bits per heavy atom. The fourth-order valence-corrected chi connectivity index (χ4v) is 2.39. The molecule has 2 aromatic rings. The number of nitrogens with zero attached hydrogens (tertiary/aromatic N) is 2. The molecule has 1 atom stereocenters. The molecule has 0 spiro atoms. The number of aromatic nitrogens is 2. The molecular formula is C15H18ClFN2O. The lowest BCUT2D eigenvalue weighted by molar-refractivity contribution is 0.170. The predicted octanol–water partition coefficient (Wildman–Crippen LogP) is 3.53. The van der Waals surface area contributed by atoms with E-state index in [1.807, 2.05) is 24.6 Å². The van der Waals surface area contributed by atoms with Crippen LogP contribution in [-0.4, -0.2) is 14.9 Å². The van der Waals surface area contributed by atoms with Crippen molar-refractivity contribution in [2.24, 2.45) is 0 Å². The molecule has 1 heterocycles. The molecule has 2 rings (SSSR count). The molecule has 0 bridgehead atoms. The van der Waals surface area contributed by atoms with Crippen molar-refractivity contribution >= 4 is 11.6 Å². The lowest BCUT2D eigenvalue weighted by Crippen LogP contribution is -2.09. The van der Waals surface area contributed by atoms with Gasteiger partial charge in [0, 0.05) is 24.2 Å². The maximum atomic E-state index is 13.9. The Bertz CT molecular complexity index is 598. The molecule has 0 aliphatic heterocycles. The highest BCUT2D eigenvalue weighted by Gasteiger charge is 2.18. The number of aryl methyl sites for hydroxylation is 2. The largest absolute Gasteiger partial charge is 0.388 e. The van der Waals surface area contributed by atoms with E-state index in [1.54, 1.807) is 12.1 Å². The first-order valence-electron chi connectivity index (χ1n) is 6.74. The number of hydrogen-bond donors (Lipinski definition) is 1. The highest BCUT2D eigenvalue weighted by Crippen LogP contribution is 2.26. The third kappa shape index (κ3) is 3.02. The topological polar surface area (TPSA) is 38.0 Å². The van der Waals surface area contributed by atoms with E-state index in [0.717, 1.165) is 24.4 Å². The lowest BCUT2D eigenvalue weighted by atomic mass is 10.0. The maximum Gasteiger partial charge on any atom is 0.147 e. The Kier molecular flexibility index (Phi) is 4.78. The first-order valence-corrected chi connectivity index (χ1v) is 7.12. The fourth-order valence-electron chi connectivity index (χ4n) is 2.21. The number of rotatable bonds is 5. The zero-order valence-electron chi connectivity index (χ0n) is 11.6. The van der Waals surface area contributed by atoms with Crippen LogP contribution in [0.1, 0.15) is 36.9 Å². The minimum Gasteiger partial charge on any atom is -0.388 e. The van der Waals surface area contributed by atoms with Crippen molar-refractivity contribution < 1.29 is 9.50 Å². The average Bonchev–Trinajstić information content (AvgIpc) is 2.84. The molecule has 20 heavy (non-hydrogen) atoms. The van der Waals surface area contributed by atoms with Crippen LogP contribution < -0.4 is 0 Å². The Hall–Kier alpha value is -1.39. The molecule has 3 nitrogen and oxygen atoms in total. The Labute approximate surface area is 123 Å². The van der Waals surface area contributed by atoms with E-state index in [0.29, 0.717) is 6.42 Å². The van der Waals surface area contributed by atoms with E-state index in [9.17, 15) is 9.50 Å². The van der Waals surface area contributed by atoms with E-state index in [1.165, 1.54) is 6.07 Å². The van der Waals surface area contributed by atoms with Crippen LogP contribution in [0, 0.1) is 5.82 Å². The molecule has 108 valence electrons. The number of benzene rings is 1. The van der Waals surface area contributed by atoms with E-state index in [4.69, 9.17) is 11.6 Å². The molecule has 0 fully saturated rings. The van der Waals surface area contributed by atoms with Crippen molar-refractivity contribution in [2.75, 3.05) is 0 Å². The molecule has 0 saturated carbocycles. The molecule has 1 N–H and O–H groups in total. The number of halogens is 2. The normalized spacial score (nSPS) is 12.7. The molecule has 1 unspecified atom stereocenters. The monoisotopic (exact) mass is 296 g/mol. The third-order valence-corrected chi connectivity index (χ3v) is 3.61. The zero-order valence-corrected chi connectivity index (χ0v) is 12.4. The van der Waals surface area contributed by atoms with Crippen LogP contribution in [0.2, 0.25) is 5.02 Å². The van der Waals surface area contributed by atoms with Gasteiger partial charge in [-0.05, 0) is 25.5 Å². The van der Waals surface area contributed by atoms with Crippen LogP contribution in [0.25, 0.3) is 0 Å². The fraction of sp³-hybridized carbons (Fsp3) is 0.400. The highest BCUT2D eigenvalue weighted by molar-refractivity contribution is 6.30. The zero-order chi connectivity index (χ0) is 14.7. The minimum absolute atomic E-state index is 0.0276. The lowest BCUT2D eigenvalue weighted by Gasteiger charge is -2.13. The molecule has 0 aliphatic carbocycles. The second-order valence-corrected chi connectivity index (χ2v) is 5.07. The second kappa shape index (κ2) is 6.37. The van der Waals surface area contributed by atoms with E-state index >= 15 is 0 Å². The van der Waals surface area contributed by atoms with Crippen LogP contribution in [0.4, 0.5) is 4.39 Å². The van der Waals surface area contributed by atoms with E-state index in [2.05, 4.69) is 5.10 Å². The number of aliphatic hydroxyl groups excluding tert-OH is 1.